The van der Waals surface area contributed by atoms with Crippen molar-refractivity contribution in [3.63, 3.8) is 0 Å². The standard InChI is InChI=1S/C13H6Cl2N4/c14-9-3-4-10(11(15)6-9)12-17-13-8(7-16)2-1-5-19(13)18-12/h1-6H. The highest BCUT2D eigenvalue weighted by Crippen LogP contribution is 2.28. The molecule has 0 atom stereocenters. The van der Waals surface area contributed by atoms with Crippen molar-refractivity contribution < 1.29 is 0 Å². The smallest absolute Gasteiger partial charge is 0.183 e. The first-order chi connectivity index (χ1) is 9.19. The van der Waals surface area contributed by atoms with E-state index in [0.29, 0.717) is 32.6 Å². The quantitative estimate of drug-likeness (QED) is 0.688. The van der Waals surface area contributed by atoms with Crippen LogP contribution in [0.4, 0.5) is 0 Å². The number of nitrogens with zero attached hydrogens (tertiary/aromatic N) is 4. The predicted molar refractivity (Wildman–Crippen MR) is 73.2 cm³/mol. The largest absolute Gasteiger partial charge is 0.219 e. The van der Waals surface area contributed by atoms with E-state index in [2.05, 4.69) is 16.2 Å². The molecule has 0 fully saturated rings. The van der Waals surface area contributed by atoms with Crippen LogP contribution in [0, 0.1) is 11.3 Å². The molecule has 0 aliphatic heterocycles. The number of halogens is 2. The van der Waals surface area contributed by atoms with Gasteiger partial charge in [-0.2, -0.15) is 5.26 Å². The normalized spacial score (nSPS) is 10.6. The Balaban J connectivity index is 2.24. The van der Waals surface area contributed by atoms with Gasteiger partial charge in [-0.25, -0.2) is 9.50 Å². The molecule has 0 bridgehead atoms. The van der Waals surface area contributed by atoms with Gasteiger partial charge in [-0.3, -0.25) is 0 Å². The Morgan fingerprint density at radius 1 is 1.21 bits per heavy atom. The summed E-state index contributed by atoms with van der Waals surface area (Å²) in [5.41, 5.74) is 1.65. The molecule has 0 radical (unpaired) electrons. The average molecular weight is 289 g/mol. The minimum atomic E-state index is 0.462. The van der Waals surface area contributed by atoms with E-state index in [1.54, 1.807) is 41.0 Å². The molecule has 0 unspecified atom stereocenters. The summed E-state index contributed by atoms with van der Waals surface area (Å²) in [5, 5.41) is 14.4. The van der Waals surface area contributed by atoms with E-state index in [1.807, 2.05) is 0 Å². The van der Waals surface area contributed by atoms with Crippen LogP contribution in [0.2, 0.25) is 10.0 Å². The van der Waals surface area contributed by atoms with Crippen molar-refractivity contribution in [1.82, 2.24) is 14.6 Å². The molecule has 0 saturated heterocycles. The van der Waals surface area contributed by atoms with Crippen LogP contribution in [0.25, 0.3) is 17.0 Å². The van der Waals surface area contributed by atoms with Crippen LogP contribution in [0.1, 0.15) is 5.56 Å². The first-order valence-electron chi connectivity index (χ1n) is 5.40. The van der Waals surface area contributed by atoms with E-state index >= 15 is 0 Å². The fourth-order valence-corrected chi connectivity index (χ4v) is 2.27. The molecule has 0 saturated carbocycles. The maximum atomic E-state index is 9.03. The SMILES string of the molecule is N#Cc1cccn2nc(-c3ccc(Cl)cc3Cl)nc12. The zero-order valence-electron chi connectivity index (χ0n) is 9.51. The van der Waals surface area contributed by atoms with E-state index in [1.165, 1.54) is 0 Å². The highest BCUT2D eigenvalue weighted by atomic mass is 35.5. The zero-order valence-corrected chi connectivity index (χ0v) is 11.0. The summed E-state index contributed by atoms with van der Waals surface area (Å²) >= 11 is 12.0. The Labute approximate surface area is 118 Å². The highest BCUT2D eigenvalue weighted by Gasteiger charge is 2.12. The van der Waals surface area contributed by atoms with Crippen LogP contribution in [-0.2, 0) is 0 Å². The van der Waals surface area contributed by atoms with E-state index in [4.69, 9.17) is 28.5 Å². The molecule has 6 heteroatoms. The highest BCUT2D eigenvalue weighted by molar-refractivity contribution is 6.36. The van der Waals surface area contributed by atoms with Crippen molar-refractivity contribution in [2.75, 3.05) is 0 Å². The fourth-order valence-electron chi connectivity index (χ4n) is 1.78. The van der Waals surface area contributed by atoms with E-state index in [-0.39, 0.29) is 0 Å². The molecule has 92 valence electrons. The number of pyridine rings is 1. The number of hydrogen-bond donors (Lipinski definition) is 0. The van der Waals surface area contributed by atoms with E-state index in [9.17, 15) is 0 Å². The van der Waals surface area contributed by atoms with Crippen molar-refractivity contribution in [2.24, 2.45) is 0 Å². The minimum Gasteiger partial charge on any atom is -0.219 e. The van der Waals surface area contributed by atoms with Gasteiger partial charge in [0.05, 0.1) is 10.6 Å². The molecular formula is C13H6Cl2N4. The van der Waals surface area contributed by atoms with Crippen LogP contribution in [-0.4, -0.2) is 14.6 Å². The molecule has 1 aromatic carbocycles. The lowest BCUT2D eigenvalue weighted by Gasteiger charge is -1.98. The molecule has 0 N–H and O–H groups in total. The Bertz CT molecular complexity index is 817. The van der Waals surface area contributed by atoms with Crippen molar-refractivity contribution in [3.05, 3.63) is 52.1 Å². The van der Waals surface area contributed by atoms with Gasteiger partial charge in [0, 0.05) is 16.8 Å². The molecule has 2 aromatic heterocycles. The molecular weight excluding hydrogens is 283 g/mol. The summed E-state index contributed by atoms with van der Waals surface area (Å²) in [5.74, 6) is 0.462. The lowest BCUT2D eigenvalue weighted by Crippen LogP contribution is -1.88. The summed E-state index contributed by atoms with van der Waals surface area (Å²) in [7, 11) is 0. The van der Waals surface area contributed by atoms with Crippen LogP contribution in [0.3, 0.4) is 0 Å². The number of benzene rings is 1. The fraction of sp³-hybridized carbons (Fsp3) is 0. The number of nitriles is 1. The van der Waals surface area contributed by atoms with Gasteiger partial charge < -0.3 is 0 Å². The molecule has 0 aliphatic rings. The first kappa shape index (κ1) is 12.0. The van der Waals surface area contributed by atoms with Gasteiger partial charge in [-0.05, 0) is 30.3 Å². The second kappa shape index (κ2) is 4.54. The van der Waals surface area contributed by atoms with Crippen molar-refractivity contribution in [1.29, 1.82) is 5.26 Å². The van der Waals surface area contributed by atoms with Crippen molar-refractivity contribution >= 4 is 28.8 Å². The molecule has 2 heterocycles. The number of aromatic nitrogens is 3. The average Bonchev–Trinajstić information content (AvgIpc) is 2.81. The molecule has 0 spiro atoms. The summed E-state index contributed by atoms with van der Waals surface area (Å²) in [6, 6.07) is 10.6. The van der Waals surface area contributed by atoms with Crippen LogP contribution in [0.5, 0.6) is 0 Å². The molecule has 0 aliphatic carbocycles. The summed E-state index contributed by atoms with van der Waals surface area (Å²) in [6.45, 7) is 0. The van der Waals surface area contributed by atoms with Gasteiger partial charge in [0.15, 0.2) is 11.5 Å². The minimum absolute atomic E-state index is 0.462. The first-order valence-corrected chi connectivity index (χ1v) is 6.15. The Kier molecular flexibility index (Phi) is 2.86. The molecule has 19 heavy (non-hydrogen) atoms. The van der Waals surface area contributed by atoms with Crippen LogP contribution >= 0.6 is 23.2 Å². The third-order valence-corrected chi connectivity index (χ3v) is 3.20. The van der Waals surface area contributed by atoms with Crippen LogP contribution in [0.15, 0.2) is 36.5 Å². The van der Waals surface area contributed by atoms with E-state index in [0.717, 1.165) is 0 Å². The summed E-state index contributed by atoms with van der Waals surface area (Å²) in [4.78, 5) is 4.35. The second-order valence-corrected chi connectivity index (χ2v) is 4.71. The Morgan fingerprint density at radius 2 is 2.05 bits per heavy atom. The van der Waals surface area contributed by atoms with Gasteiger partial charge in [0.25, 0.3) is 0 Å². The second-order valence-electron chi connectivity index (χ2n) is 3.86. The lowest BCUT2D eigenvalue weighted by molar-refractivity contribution is 0.963. The monoisotopic (exact) mass is 288 g/mol. The molecule has 3 aromatic rings. The third kappa shape index (κ3) is 2.03. The van der Waals surface area contributed by atoms with E-state index < -0.39 is 0 Å². The number of hydrogen-bond acceptors (Lipinski definition) is 3. The van der Waals surface area contributed by atoms with Gasteiger partial charge in [0.2, 0.25) is 0 Å². The summed E-state index contributed by atoms with van der Waals surface area (Å²) in [6.07, 6.45) is 1.73. The molecule has 4 nitrogen and oxygen atoms in total. The number of rotatable bonds is 1. The Morgan fingerprint density at radius 3 is 2.79 bits per heavy atom. The van der Waals surface area contributed by atoms with Crippen molar-refractivity contribution in [3.8, 4) is 17.5 Å². The number of fused-ring (bicyclic) bond motifs is 1. The van der Waals surface area contributed by atoms with Crippen molar-refractivity contribution in [2.45, 2.75) is 0 Å². The maximum absolute atomic E-state index is 9.03. The predicted octanol–water partition coefficient (Wildman–Crippen LogP) is 3.57. The maximum Gasteiger partial charge on any atom is 0.183 e. The summed E-state index contributed by atoms with van der Waals surface area (Å²) < 4.78 is 1.55. The molecule has 3 rings (SSSR count). The van der Waals surface area contributed by atoms with Gasteiger partial charge in [-0.15, -0.1) is 5.10 Å². The third-order valence-electron chi connectivity index (χ3n) is 2.65. The molecule has 0 amide bonds. The Hall–Kier alpha value is -2.09. The van der Waals surface area contributed by atoms with Gasteiger partial charge in [-0.1, -0.05) is 23.2 Å². The van der Waals surface area contributed by atoms with Gasteiger partial charge >= 0.3 is 0 Å². The topological polar surface area (TPSA) is 54.0 Å². The van der Waals surface area contributed by atoms with Gasteiger partial charge in [0.1, 0.15) is 6.07 Å². The van der Waals surface area contributed by atoms with Crippen LogP contribution < -0.4 is 0 Å². The lowest BCUT2D eigenvalue weighted by atomic mass is 10.2. The zero-order chi connectivity index (χ0) is 13.4.